The Balaban J connectivity index is 1.68. The first-order valence-electron chi connectivity index (χ1n) is 7.69. The van der Waals surface area contributed by atoms with Gasteiger partial charge in [0, 0.05) is 30.7 Å². The van der Waals surface area contributed by atoms with Gasteiger partial charge in [0.1, 0.15) is 11.4 Å². The molecular weight excluding hydrogens is 284 g/mol. The first kappa shape index (κ1) is 13.7. The number of rotatable bonds is 4. The van der Waals surface area contributed by atoms with Gasteiger partial charge >= 0.3 is 0 Å². The SMILES string of the molecule is COc1ccc(-c2cc3n(Cc4ccccc4)ccn3c2)cc1. The first-order valence-corrected chi connectivity index (χ1v) is 7.69. The van der Waals surface area contributed by atoms with Crippen LogP contribution in [0.1, 0.15) is 5.56 Å². The van der Waals surface area contributed by atoms with Crippen LogP contribution in [0, 0.1) is 0 Å². The van der Waals surface area contributed by atoms with Crippen LogP contribution < -0.4 is 4.74 Å². The van der Waals surface area contributed by atoms with Crippen molar-refractivity contribution in [3.05, 3.63) is 84.8 Å². The van der Waals surface area contributed by atoms with E-state index in [1.54, 1.807) is 7.11 Å². The smallest absolute Gasteiger partial charge is 0.118 e. The van der Waals surface area contributed by atoms with E-state index in [0.717, 1.165) is 12.3 Å². The predicted molar refractivity (Wildman–Crippen MR) is 92.9 cm³/mol. The third kappa shape index (κ3) is 2.61. The van der Waals surface area contributed by atoms with E-state index >= 15 is 0 Å². The summed E-state index contributed by atoms with van der Waals surface area (Å²) < 4.78 is 9.66. The zero-order chi connectivity index (χ0) is 15.6. The van der Waals surface area contributed by atoms with Crippen molar-refractivity contribution >= 4 is 5.65 Å². The number of hydrogen-bond acceptors (Lipinski definition) is 1. The Morgan fingerprint density at radius 3 is 2.39 bits per heavy atom. The second-order valence-corrected chi connectivity index (χ2v) is 5.63. The van der Waals surface area contributed by atoms with Gasteiger partial charge in [-0.15, -0.1) is 0 Å². The highest BCUT2D eigenvalue weighted by Crippen LogP contribution is 2.25. The Kier molecular flexibility index (Phi) is 3.39. The molecule has 0 N–H and O–H groups in total. The molecule has 23 heavy (non-hydrogen) atoms. The number of benzene rings is 2. The van der Waals surface area contributed by atoms with Crippen molar-refractivity contribution in [3.8, 4) is 16.9 Å². The number of methoxy groups -OCH3 is 1. The molecule has 4 aromatic rings. The average molecular weight is 302 g/mol. The fourth-order valence-electron chi connectivity index (χ4n) is 2.90. The van der Waals surface area contributed by atoms with E-state index in [4.69, 9.17) is 4.74 Å². The highest BCUT2D eigenvalue weighted by Gasteiger charge is 2.07. The van der Waals surface area contributed by atoms with Crippen molar-refractivity contribution in [2.45, 2.75) is 6.54 Å². The molecule has 2 aromatic heterocycles. The van der Waals surface area contributed by atoms with E-state index in [-0.39, 0.29) is 0 Å². The summed E-state index contributed by atoms with van der Waals surface area (Å²) in [7, 11) is 1.69. The van der Waals surface area contributed by atoms with Crippen LogP contribution in [0.2, 0.25) is 0 Å². The van der Waals surface area contributed by atoms with Crippen LogP contribution in [0.25, 0.3) is 16.8 Å². The van der Waals surface area contributed by atoms with Crippen LogP contribution in [-0.4, -0.2) is 16.1 Å². The molecule has 3 nitrogen and oxygen atoms in total. The van der Waals surface area contributed by atoms with Crippen molar-refractivity contribution in [2.75, 3.05) is 7.11 Å². The second kappa shape index (κ2) is 5.69. The third-order valence-electron chi connectivity index (χ3n) is 4.15. The lowest BCUT2D eigenvalue weighted by Crippen LogP contribution is -1.97. The Hall–Kier alpha value is -2.94. The summed E-state index contributed by atoms with van der Waals surface area (Å²) in [5.41, 5.74) is 4.91. The van der Waals surface area contributed by atoms with E-state index in [1.807, 2.05) is 18.2 Å². The number of fused-ring (bicyclic) bond motifs is 1. The molecule has 0 aliphatic rings. The molecule has 0 spiro atoms. The lowest BCUT2D eigenvalue weighted by atomic mass is 10.1. The minimum atomic E-state index is 0.878. The van der Waals surface area contributed by atoms with E-state index in [9.17, 15) is 0 Å². The molecule has 0 unspecified atom stereocenters. The van der Waals surface area contributed by atoms with Crippen LogP contribution >= 0.6 is 0 Å². The number of ether oxygens (including phenoxy) is 1. The third-order valence-corrected chi connectivity index (χ3v) is 4.15. The van der Waals surface area contributed by atoms with Gasteiger partial charge in [0.15, 0.2) is 0 Å². The van der Waals surface area contributed by atoms with Crippen molar-refractivity contribution in [2.24, 2.45) is 0 Å². The van der Waals surface area contributed by atoms with Crippen LogP contribution in [0.4, 0.5) is 0 Å². The summed E-state index contributed by atoms with van der Waals surface area (Å²) in [5, 5.41) is 0. The number of nitrogens with zero attached hydrogens (tertiary/aromatic N) is 2. The maximum absolute atomic E-state index is 5.23. The Labute approximate surface area is 135 Å². The monoisotopic (exact) mass is 302 g/mol. The molecule has 0 saturated heterocycles. The normalized spacial score (nSPS) is 11.0. The molecule has 0 saturated carbocycles. The Morgan fingerprint density at radius 2 is 1.65 bits per heavy atom. The molecule has 3 heteroatoms. The van der Waals surface area contributed by atoms with Crippen LogP contribution in [0.15, 0.2) is 79.3 Å². The zero-order valence-electron chi connectivity index (χ0n) is 13.0. The molecule has 0 atom stereocenters. The van der Waals surface area contributed by atoms with Gasteiger partial charge in [-0.25, -0.2) is 0 Å². The topological polar surface area (TPSA) is 18.6 Å². The van der Waals surface area contributed by atoms with Gasteiger partial charge in [0.2, 0.25) is 0 Å². The van der Waals surface area contributed by atoms with E-state index in [1.165, 1.54) is 22.3 Å². The maximum atomic E-state index is 5.23. The summed E-state index contributed by atoms with van der Waals surface area (Å²) in [6.07, 6.45) is 6.39. The van der Waals surface area contributed by atoms with Gasteiger partial charge in [-0.1, -0.05) is 42.5 Å². The van der Waals surface area contributed by atoms with E-state index in [2.05, 4.69) is 70.0 Å². The fourth-order valence-corrected chi connectivity index (χ4v) is 2.90. The predicted octanol–water partition coefficient (Wildman–Crippen LogP) is 4.46. The van der Waals surface area contributed by atoms with Crippen LogP contribution in [0.5, 0.6) is 5.75 Å². The van der Waals surface area contributed by atoms with Gasteiger partial charge in [-0.05, 0) is 29.3 Å². The van der Waals surface area contributed by atoms with Crippen LogP contribution in [0.3, 0.4) is 0 Å². The van der Waals surface area contributed by atoms with Gasteiger partial charge in [-0.3, -0.25) is 0 Å². The molecule has 0 aliphatic carbocycles. The number of imidazole rings is 1. The quantitative estimate of drug-likeness (QED) is 0.544. The standard InChI is InChI=1S/C20H18N2O/c1-23-19-9-7-17(8-10-19)18-13-20-21(11-12-22(20)15-18)14-16-5-3-2-4-6-16/h2-13,15H,14H2,1H3. The number of hydrogen-bond donors (Lipinski definition) is 0. The zero-order valence-corrected chi connectivity index (χ0v) is 13.0. The average Bonchev–Trinajstić information content (AvgIpc) is 3.18. The molecular formula is C20H18N2O. The number of aromatic nitrogens is 2. The van der Waals surface area contributed by atoms with E-state index in [0.29, 0.717) is 0 Å². The van der Waals surface area contributed by atoms with Crippen molar-refractivity contribution in [1.29, 1.82) is 0 Å². The molecule has 4 rings (SSSR count). The van der Waals surface area contributed by atoms with Crippen molar-refractivity contribution in [1.82, 2.24) is 8.97 Å². The molecule has 0 amide bonds. The summed E-state index contributed by atoms with van der Waals surface area (Å²) in [6.45, 7) is 0.878. The minimum absolute atomic E-state index is 0.878. The lowest BCUT2D eigenvalue weighted by Gasteiger charge is -2.03. The van der Waals surface area contributed by atoms with Crippen molar-refractivity contribution < 1.29 is 4.74 Å². The Morgan fingerprint density at radius 1 is 0.870 bits per heavy atom. The summed E-state index contributed by atoms with van der Waals surface area (Å²) in [4.78, 5) is 0. The molecule has 0 radical (unpaired) electrons. The Bertz CT molecular complexity index is 917. The van der Waals surface area contributed by atoms with Crippen LogP contribution in [-0.2, 0) is 6.54 Å². The van der Waals surface area contributed by atoms with Gasteiger partial charge < -0.3 is 13.7 Å². The summed E-state index contributed by atoms with van der Waals surface area (Å²) in [5.74, 6) is 0.881. The molecule has 2 heterocycles. The molecule has 0 fully saturated rings. The maximum Gasteiger partial charge on any atom is 0.118 e. The summed E-state index contributed by atoms with van der Waals surface area (Å²) >= 11 is 0. The van der Waals surface area contributed by atoms with Gasteiger partial charge in [0.05, 0.1) is 7.11 Å². The van der Waals surface area contributed by atoms with Crippen molar-refractivity contribution in [3.63, 3.8) is 0 Å². The lowest BCUT2D eigenvalue weighted by molar-refractivity contribution is 0.415. The molecule has 0 aliphatic heterocycles. The molecule has 114 valence electrons. The largest absolute Gasteiger partial charge is 0.497 e. The second-order valence-electron chi connectivity index (χ2n) is 5.63. The van der Waals surface area contributed by atoms with Gasteiger partial charge in [0.25, 0.3) is 0 Å². The minimum Gasteiger partial charge on any atom is -0.497 e. The molecule has 0 bridgehead atoms. The van der Waals surface area contributed by atoms with E-state index < -0.39 is 0 Å². The van der Waals surface area contributed by atoms with Gasteiger partial charge in [-0.2, -0.15) is 0 Å². The highest BCUT2D eigenvalue weighted by atomic mass is 16.5. The first-order chi connectivity index (χ1) is 11.3. The fraction of sp³-hybridized carbons (Fsp3) is 0.100. The highest BCUT2D eigenvalue weighted by molar-refractivity contribution is 5.69. The summed E-state index contributed by atoms with van der Waals surface area (Å²) in [6, 6.07) is 20.9. The molecule has 2 aromatic carbocycles.